The Morgan fingerprint density at radius 1 is 1.03 bits per heavy atom. The Hall–Kier alpha value is -3.84. The van der Waals surface area contributed by atoms with Crippen LogP contribution in [-0.2, 0) is 11.4 Å². The first-order valence-corrected chi connectivity index (χ1v) is 11.1. The number of hydrogen-bond acceptors (Lipinski definition) is 5. The fourth-order valence-electron chi connectivity index (χ4n) is 3.40. The van der Waals surface area contributed by atoms with Crippen molar-refractivity contribution < 1.29 is 14.3 Å². The van der Waals surface area contributed by atoms with E-state index >= 15 is 0 Å². The van der Waals surface area contributed by atoms with E-state index in [2.05, 4.69) is 15.6 Å². The summed E-state index contributed by atoms with van der Waals surface area (Å²) in [7, 11) is 0. The number of benzene rings is 3. The van der Waals surface area contributed by atoms with Crippen molar-refractivity contribution in [3.05, 3.63) is 90.1 Å². The molecule has 2 heterocycles. The molecule has 6 nitrogen and oxygen atoms in total. The van der Waals surface area contributed by atoms with Crippen LogP contribution in [0.25, 0.3) is 10.9 Å². The first-order valence-electron chi connectivity index (χ1n) is 10.1. The van der Waals surface area contributed by atoms with Gasteiger partial charge in [0.2, 0.25) is 5.91 Å². The third kappa shape index (κ3) is 4.43. The second kappa shape index (κ2) is 8.72. The molecule has 0 aliphatic carbocycles. The molecule has 1 aliphatic heterocycles. The number of anilines is 2. The zero-order chi connectivity index (χ0) is 21.9. The number of pyridine rings is 1. The number of ether oxygens (including phenoxy) is 1. The van der Waals surface area contributed by atoms with Crippen LogP contribution in [0.3, 0.4) is 0 Å². The summed E-state index contributed by atoms with van der Waals surface area (Å²) in [5, 5.41) is 6.81. The maximum Gasteiger partial charge on any atom is 0.255 e. The van der Waals surface area contributed by atoms with E-state index in [1.54, 1.807) is 36.4 Å². The Kier molecular flexibility index (Phi) is 5.47. The van der Waals surface area contributed by atoms with Gasteiger partial charge in [-0.05, 0) is 54.6 Å². The Bertz CT molecular complexity index is 1320. The quantitative estimate of drug-likeness (QED) is 0.450. The zero-order valence-corrected chi connectivity index (χ0v) is 17.8. The Morgan fingerprint density at radius 2 is 1.88 bits per heavy atom. The molecule has 0 saturated carbocycles. The summed E-state index contributed by atoms with van der Waals surface area (Å²) in [5.74, 6) is 0.814. The van der Waals surface area contributed by atoms with Crippen LogP contribution in [0.2, 0.25) is 0 Å². The molecule has 5 rings (SSSR count). The van der Waals surface area contributed by atoms with Crippen molar-refractivity contribution in [3.63, 3.8) is 0 Å². The molecule has 0 saturated heterocycles. The number of fused-ring (bicyclic) bond motifs is 2. The molecule has 0 bridgehead atoms. The van der Waals surface area contributed by atoms with Gasteiger partial charge in [-0.1, -0.05) is 24.3 Å². The number of para-hydroxylation sites is 1. The van der Waals surface area contributed by atoms with Crippen LogP contribution in [0.5, 0.6) is 5.75 Å². The summed E-state index contributed by atoms with van der Waals surface area (Å²) in [6.45, 7) is 0.347. The normalized spacial score (nSPS) is 12.7. The van der Waals surface area contributed by atoms with Crippen LogP contribution in [0, 0.1) is 0 Å². The van der Waals surface area contributed by atoms with Crippen LogP contribution >= 0.6 is 11.8 Å². The van der Waals surface area contributed by atoms with Gasteiger partial charge in [-0.3, -0.25) is 9.59 Å². The molecule has 0 radical (unpaired) electrons. The summed E-state index contributed by atoms with van der Waals surface area (Å²) in [4.78, 5) is 29.6. The lowest BCUT2D eigenvalue weighted by molar-refractivity contribution is -0.113. The Morgan fingerprint density at radius 3 is 2.75 bits per heavy atom. The van der Waals surface area contributed by atoms with Crippen molar-refractivity contribution in [1.82, 2.24) is 4.98 Å². The monoisotopic (exact) mass is 441 g/mol. The van der Waals surface area contributed by atoms with Gasteiger partial charge in [-0.25, -0.2) is 4.98 Å². The fraction of sp³-hybridized carbons (Fsp3) is 0.0800. The average Bonchev–Trinajstić information content (AvgIpc) is 2.83. The van der Waals surface area contributed by atoms with Crippen LogP contribution in [-0.4, -0.2) is 22.6 Å². The van der Waals surface area contributed by atoms with Crippen LogP contribution in [0.4, 0.5) is 11.4 Å². The van der Waals surface area contributed by atoms with E-state index in [1.807, 2.05) is 42.5 Å². The summed E-state index contributed by atoms with van der Waals surface area (Å²) < 4.78 is 5.83. The highest BCUT2D eigenvalue weighted by Crippen LogP contribution is 2.33. The van der Waals surface area contributed by atoms with Crippen molar-refractivity contribution in [2.75, 3.05) is 16.4 Å². The van der Waals surface area contributed by atoms with Gasteiger partial charge in [0, 0.05) is 21.5 Å². The first-order chi connectivity index (χ1) is 15.6. The minimum absolute atomic E-state index is 0.0157. The molecule has 7 heteroatoms. The van der Waals surface area contributed by atoms with Gasteiger partial charge in [0.25, 0.3) is 5.91 Å². The molecule has 158 valence electrons. The fourth-order valence-corrected chi connectivity index (χ4v) is 4.25. The van der Waals surface area contributed by atoms with Crippen LogP contribution in [0.15, 0.2) is 83.8 Å². The number of carbonyl (C=O) groups is 2. The summed E-state index contributed by atoms with van der Waals surface area (Å²) in [6, 6.07) is 24.4. The lowest BCUT2D eigenvalue weighted by Gasteiger charge is -2.17. The Labute approximate surface area is 189 Å². The van der Waals surface area contributed by atoms with E-state index in [9.17, 15) is 9.59 Å². The van der Waals surface area contributed by atoms with Gasteiger partial charge in [-0.15, -0.1) is 11.8 Å². The number of nitrogens with one attached hydrogen (secondary N) is 2. The second-order valence-electron chi connectivity index (χ2n) is 7.31. The smallest absolute Gasteiger partial charge is 0.255 e. The number of nitrogens with zero attached hydrogens (tertiary/aromatic N) is 1. The predicted octanol–water partition coefficient (Wildman–Crippen LogP) is 5.11. The zero-order valence-electron chi connectivity index (χ0n) is 17.0. The summed E-state index contributed by atoms with van der Waals surface area (Å²) >= 11 is 1.45. The van der Waals surface area contributed by atoms with Gasteiger partial charge in [0.15, 0.2) is 0 Å². The SMILES string of the molecule is O=C1CSc2cc(NC(=O)c3ccc(OCc4ccc5ccccc5n4)cc3)ccc2N1. The molecular weight excluding hydrogens is 422 g/mol. The van der Waals surface area contributed by atoms with Crippen LogP contribution < -0.4 is 15.4 Å². The van der Waals surface area contributed by atoms with Crippen molar-refractivity contribution in [1.29, 1.82) is 0 Å². The van der Waals surface area contributed by atoms with E-state index in [-0.39, 0.29) is 11.8 Å². The molecule has 32 heavy (non-hydrogen) atoms. The van der Waals surface area contributed by atoms with Gasteiger partial charge in [0.05, 0.1) is 22.7 Å². The lowest BCUT2D eigenvalue weighted by Crippen LogP contribution is -2.19. The number of aromatic nitrogens is 1. The highest BCUT2D eigenvalue weighted by Gasteiger charge is 2.16. The van der Waals surface area contributed by atoms with Crippen molar-refractivity contribution in [2.24, 2.45) is 0 Å². The number of amides is 2. The first kappa shape index (κ1) is 20.1. The molecule has 2 amide bonds. The van der Waals surface area contributed by atoms with E-state index in [0.717, 1.165) is 27.2 Å². The second-order valence-corrected chi connectivity index (χ2v) is 8.33. The maximum absolute atomic E-state index is 12.6. The van der Waals surface area contributed by atoms with Gasteiger partial charge < -0.3 is 15.4 Å². The molecule has 0 atom stereocenters. The van der Waals surface area contributed by atoms with Crippen molar-refractivity contribution >= 4 is 45.9 Å². The topological polar surface area (TPSA) is 80.3 Å². The minimum Gasteiger partial charge on any atom is -0.487 e. The standard InChI is InChI=1S/C25H19N3O3S/c29-24-15-32-23-13-18(9-12-22(23)28-24)27-25(30)17-6-10-20(11-7-17)31-14-19-8-5-16-3-1-2-4-21(16)26-19/h1-13H,14-15H2,(H,27,30)(H,28,29). The third-order valence-electron chi connectivity index (χ3n) is 5.03. The Balaban J connectivity index is 1.21. The van der Waals surface area contributed by atoms with E-state index in [4.69, 9.17) is 4.74 Å². The molecule has 0 unspecified atom stereocenters. The maximum atomic E-state index is 12.6. The molecular formula is C25H19N3O3S. The molecule has 0 fully saturated rings. The van der Waals surface area contributed by atoms with E-state index in [1.165, 1.54) is 11.8 Å². The summed E-state index contributed by atoms with van der Waals surface area (Å²) in [6.07, 6.45) is 0. The molecule has 2 N–H and O–H groups in total. The molecule has 1 aromatic heterocycles. The van der Waals surface area contributed by atoms with Crippen molar-refractivity contribution in [2.45, 2.75) is 11.5 Å². The van der Waals surface area contributed by atoms with Crippen molar-refractivity contribution in [3.8, 4) is 5.75 Å². The lowest BCUT2D eigenvalue weighted by atomic mass is 10.2. The van der Waals surface area contributed by atoms with E-state index < -0.39 is 0 Å². The molecule has 4 aromatic rings. The number of rotatable bonds is 5. The highest BCUT2D eigenvalue weighted by molar-refractivity contribution is 8.00. The molecule has 3 aromatic carbocycles. The summed E-state index contributed by atoms with van der Waals surface area (Å²) in [5.41, 5.74) is 3.75. The van der Waals surface area contributed by atoms with E-state index in [0.29, 0.717) is 29.4 Å². The largest absolute Gasteiger partial charge is 0.487 e. The van der Waals surface area contributed by atoms with Gasteiger partial charge in [0.1, 0.15) is 12.4 Å². The number of hydrogen-bond donors (Lipinski definition) is 2. The van der Waals surface area contributed by atoms with Gasteiger partial charge in [-0.2, -0.15) is 0 Å². The van der Waals surface area contributed by atoms with Crippen LogP contribution in [0.1, 0.15) is 16.1 Å². The average molecular weight is 442 g/mol. The predicted molar refractivity (Wildman–Crippen MR) is 126 cm³/mol. The highest BCUT2D eigenvalue weighted by atomic mass is 32.2. The third-order valence-corrected chi connectivity index (χ3v) is 6.09. The van der Waals surface area contributed by atoms with Gasteiger partial charge >= 0.3 is 0 Å². The minimum atomic E-state index is -0.211. The number of carbonyl (C=O) groups excluding carboxylic acids is 2. The molecule has 1 aliphatic rings. The molecule has 0 spiro atoms. The number of thioether (sulfide) groups is 1.